The molecule has 1 heterocycles. The van der Waals surface area contributed by atoms with Gasteiger partial charge in [0.25, 0.3) is 0 Å². The minimum Gasteiger partial charge on any atom is -0.488 e. The summed E-state index contributed by atoms with van der Waals surface area (Å²) in [6.07, 6.45) is -3.44. The van der Waals surface area contributed by atoms with Crippen molar-refractivity contribution in [3.8, 4) is 16.9 Å². The second-order valence-corrected chi connectivity index (χ2v) is 5.50. The highest BCUT2D eigenvalue weighted by atomic mass is 19.4. The van der Waals surface area contributed by atoms with E-state index in [0.29, 0.717) is 18.6 Å². The van der Waals surface area contributed by atoms with Crippen LogP contribution in [-0.2, 0) is 12.6 Å². The summed E-state index contributed by atoms with van der Waals surface area (Å²) >= 11 is 0. The van der Waals surface area contributed by atoms with Crippen molar-refractivity contribution in [2.45, 2.75) is 32.5 Å². The molecule has 0 bridgehead atoms. The van der Waals surface area contributed by atoms with Crippen molar-refractivity contribution in [3.63, 3.8) is 0 Å². The van der Waals surface area contributed by atoms with E-state index in [1.54, 1.807) is 12.1 Å². The first-order valence-electron chi connectivity index (χ1n) is 7.26. The van der Waals surface area contributed by atoms with Crippen molar-refractivity contribution in [1.82, 2.24) is 0 Å². The van der Waals surface area contributed by atoms with Gasteiger partial charge >= 0.3 is 6.18 Å². The Hall–Kier alpha value is -2.08. The number of aryl methyl sites for hydroxylation is 1. The van der Waals surface area contributed by atoms with Gasteiger partial charge in [0, 0.05) is 17.7 Å². The van der Waals surface area contributed by atoms with E-state index in [9.17, 15) is 17.6 Å². The molecule has 1 atom stereocenters. The predicted molar refractivity (Wildman–Crippen MR) is 85.4 cm³/mol. The van der Waals surface area contributed by atoms with Gasteiger partial charge in [-0.25, -0.2) is 4.39 Å². The number of halogens is 4. The lowest BCUT2D eigenvalue weighted by molar-refractivity contribution is -0.137. The SMILES string of the molecule is C.NC[C@H]1CCc2cccc(-c3cc(F)ccc3C(F)(F)F)c2O1. The molecule has 0 spiro atoms. The van der Waals surface area contributed by atoms with Crippen LogP contribution in [0, 0.1) is 5.82 Å². The van der Waals surface area contributed by atoms with E-state index >= 15 is 0 Å². The molecule has 0 unspecified atom stereocenters. The van der Waals surface area contributed by atoms with Crippen LogP contribution in [0.3, 0.4) is 0 Å². The second-order valence-electron chi connectivity index (χ2n) is 5.50. The molecule has 2 aromatic carbocycles. The Labute approximate surface area is 138 Å². The Balaban J connectivity index is 0.00000208. The van der Waals surface area contributed by atoms with Crippen LogP contribution in [0.25, 0.3) is 11.1 Å². The summed E-state index contributed by atoms with van der Waals surface area (Å²) in [5.74, 6) is -0.359. The van der Waals surface area contributed by atoms with E-state index in [2.05, 4.69) is 0 Å². The Bertz CT molecular complexity index is 727. The fraction of sp³-hybridized carbons (Fsp3) is 0.333. The monoisotopic (exact) mass is 341 g/mol. The minimum atomic E-state index is -4.58. The highest BCUT2D eigenvalue weighted by Gasteiger charge is 2.35. The molecule has 0 radical (unpaired) electrons. The van der Waals surface area contributed by atoms with Gasteiger partial charge in [-0.2, -0.15) is 13.2 Å². The number of hydrogen-bond donors (Lipinski definition) is 1. The van der Waals surface area contributed by atoms with Crippen LogP contribution in [0.1, 0.15) is 25.0 Å². The van der Waals surface area contributed by atoms with E-state index in [4.69, 9.17) is 10.5 Å². The van der Waals surface area contributed by atoms with E-state index in [-0.39, 0.29) is 31.2 Å². The number of rotatable bonds is 2. The predicted octanol–water partition coefficient (Wildman–Crippen LogP) is 4.80. The summed E-state index contributed by atoms with van der Waals surface area (Å²) in [4.78, 5) is 0. The molecule has 0 aromatic heterocycles. The molecule has 0 fully saturated rings. The molecule has 0 saturated heterocycles. The fourth-order valence-corrected chi connectivity index (χ4v) is 2.83. The second kappa shape index (κ2) is 6.81. The van der Waals surface area contributed by atoms with Crippen molar-refractivity contribution in [2.24, 2.45) is 5.73 Å². The largest absolute Gasteiger partial charge is 0.488 e. The number of alkyl halides is 3. The lowest BCUT2D eigenvalue weighted by atomic mass is 9.93. The highest BCUT2D eigenvalue weighted by Crippen LogP contribution is 2.43. The third-order valence-corrected chi connectivity index (χ3v) is 3.96. The maximum atomic E-state index is 13.6. The number of hydrogen-bond acceptors (Lipinski definition) is 2. The first-order valence-corrected chi connectivity index (χ1v) is 7.26. The Morgan fingerprint density at radius 1 is 1.12 bits per heavy atom. The molecular weight excluding hydrogens is 322 g/mol. The third-order valence-electron chi connectivity index (χ3n) is 3.96. The average Bonchev–Trinajstić information content (AvgIpc) is 2.52. The summed E-state index contributed by atoms with van der Waals surface area (Å²) in [6, 6.07) is 7.44. The molecule has 1 aliphatic heterocycles. The lowest BCUT2D eigenvalue weighted by Crippen LogP contribution is -2.30. The van der Waals surface area contributed by atoms with Crippen molar-refractivity contribution in [3.05, 3.63) is 53.3 Å². The van der Waals surface area contributed by atoms with Crippen molar-refractivity contribution in [1.29, 1.82) is 0 Å². The Morgan fingerprint density at radius 2 is 1.88 bits per heavy atom. The molecule has 24 heavy (non-hydrogen) atoms. The molecule has 1 aliphatic rings. The molecule has 2 aromatic rings. The van der Waals surface area contributed by atoms with Gasteiger partial charge in [-0.1, -0.05) is 25.6 Å². The zero-order valence-corrected chi connectivity index (χ0v) is 12.2. The van der Waals surface area contributed by atoms with E-state index in [0.717, 1.165) is 23.8 Å². The third kappa shape index (κ3) is 3.38. The number of ether oxygens (including phenoxy) is 1. The van der Waals surface area contributed by atoms with Crippen LogP contribution in [0.15, 0.2) is 36.4 Å². The lowest BCUT2D eigenvalue weighted by Gasteiger charge is -2.27. The molecule has 6 heteroatoms. The van der Waals surface area contributed by atoms with Gasteiger partial charge in [-0.05, 0) is 36.6 Å². The van der Waals surface area contributed by atoms with Gasteiger partial charge < -0.3 is 10.5 Å². The van der Waals surface area contributed by atoms with Crippen LogP contribution in [0.5, 0.6) is 5.75 Å². The first-order chi connectivity index (χ1) is 10.9. The first kappa shape index (κ1) is 18.3. The maximum absolute atomic E-state index is 13.6. The number of benzene rings is 2. The van der Waals surface area contributed by atoms with E-state index < -0.39 is 17.6 Å². The zero-order valence-electron chi connectivity index (χ0n) is 12.2. The van der Waals surface area contributed by atoms with Crippen LogP contribution in [0.2, 0.25) is 0 Å². The number of para-hydroxylation sites is 1. The molecule has 2 nitrogen and oxygen atoms in total. The average molecular weight is 341 g/mol. The zero-order chi connectivity index (χ0) is 16.6. The minimum absolute atomic E-state index is 0. The molecular formula is C18H19F4NO. The molecule has 3 rings (SSSR count). The Kier molecular flexibility index (Phi) is 5.18. The van der Waals surface area contributed by atoms with Crippen LogP contribution >= 0.6 is 0 Å². The van der Waals surface area contributed by atoms with Crippen molar-refractivity contribution >= 4 is 0 Å². The van der Waals surface area contributed by atoms with Gasteiger partial charge in [-0.3, -0.25) is 0 Å². The summed E-state index contributed by atoms with van der Waals surface area (Å²) in [5.41, 5.74) is 5.56. The smallest absolute Gasteiger partial charge is 0.417 e. The van der Waals surface area contributed by atoms with Crippen molar-refractivity contribution in [2.75, 3.05) is 6.54 Å². The Morgan fingerprint density at radius 3 is 2.54 bits per heavy atom. The molecule has 0 saturated carbocycles. The van der Waals surface area contributed by atoms with Crippen LogP contribution < -0.4 is 10.5 Å². The standard InChI is InChI=1S/C17H15F4NO.CH4/c18-11-5-7-15(17(19,20)21)14(8-11)13-3-1-2-10-4-6-12(9-22)23-16(10)13;/h1-3,5,7-8,12H,4,6,9,22H2;1H4/t12-;/m1./s1. The van der Waals surface area contributed by atoms with E-state index in [1.807, 2.05) is 0 Å². The summed E-state index contributed by atoms with van der Waals surface area (Å²) in [7, 11) is 0. The summed E-state index contributed by atoms with van der Waals surface area (Å²) in [6.45, 7) is 0.281. The molecule has 2 N–H and O–H groups in total. The number of nitrogens with two attached hydrogens (primary N) is 1. The molecule has 0 aliphatic carbocycles. The maximum Gasteiger partial charge on any atom is 0.417 e. The topological polar surface area (TPSA) is 35.2 Å². The van der Waals surface area contributed by atoms with Crippen molar-refractivity contribution < 1.29 is 22.3 Å². The van der Waals surface area contributed by atoms with Gasteiger partial charge in [-0.15, -0.1) is 0 Å². The number of fused-ring (bicyclic) bond motifs is 1. The fourth-order valence-electron chi connectivity index (χ4n) is 2.83. The van der Waals surface area contributed by atoms with Gasteiger partial charge in [0.05, 0.1) is 5.56 Å². The quantitative estimate of drug-likeness (QED) is 0.797. The summed E-state index contributed by atoms with van der Waals surface area (Å²) in [5, 5.41) is 0. The molecule has 0 amide bonds. The van der Waals surface area contributed by atoms with Crippen LogP contribution in [-0.4, -0.2) is 12.6 Å². The van der Waals surface area contributed by atoms with E-state index in [1.165, 1.54) is 6.07 Å². The highest BCUT2D eigenvalue weighted by molar-refractivity contribution is 5.75. The summed E-state index contributed by atoms with van der Waals surface area (Å²) < 4.78 is 59.1. The van der Waals surface area contributed by atoms with Crippen LogP contribution in [0.4, 0.5) is 17.6 Å². The van der Waals surface area contributed by atoms with Gasteiger partial charge in [0.15, 0.2) is 0 Å². The van der Waals surface area contributed by atoms with Gasteiger partial charge in [0.2, 0.25) is 0 Å². The molecule has 130 valence electrons. The van der Waals surface area contributed by atoms with Gasteiger partial charge in [0.1, 0.15) is 17.7 Å². The normalized spacial score (nSPS) is 16.8.